The first-order valence-corrected chi connectivity index (χ1v) is 16.0. The standard InChI is InChI=1S/C30H31F3N6OSi/c1-29(2,3)41(4,5)40-18-19-8-11-21(12-9-19)39-27(22-7-6-16-35-26(22)34)38-24-14-13-23(37-28(24)39)20-10-15-25(36-17-20)30(31,32)33/h6-17H,18H2,1-5H3,(H2,34,35). The third-order valence-electron chi connectivity index (χ3n) is 7.53. The molecule has 7 nitrogen and oxygen atoms in total. The van der Waals surface area contributed by atoms with Crippen LogP contribution in [0.3, 0.4) is 0 Å². The van der Waals surface area contributed by atoms with Gasteiger partial charge in [0.2, 0.25) is 0 Å². The highest BCUT2D eigenvalue weighted by Crippen LogP contribution is 2.37. The van der Waals surface area contributed by atoms with E-state index in [4.69, 9.17) is 20.1 Å². The number of nitrogens with two attached hydrogens (primary N) is 1. The fourth-order valence-corrected chi connectivity index (χ4v) is 5.04. The minimum atomic E-state index is -4.52. The van der Waals surface area contributed by atoms with E-state index in [1.54, 1.807) is 24.4 Å². The van der Waals surface area contributed by atoms with Gasteiger partial charge in [0.25, 0.3) is 0 Å². The SMILES string of the molecule is CC(C)(C)[Si](C)(C)OCc1ccc(-n2c(-c3cccnc3N)nc3ccc(-c4ccc(C(F)(F)F)nc4)nc32)cc1. The third kappa shape index (κ3) is 5.73. The molecule has 4 aromatic heterocycles. The number of aromatic nitrogens is 5. The van der Waals surface area contributed by atoms with Gasteiger partial charge in [0.1, 0.15) is 17.0 Å². The molecule has 0 spiro atoms. The van der Waals surface area contributed by atoms with Gasteiger partial charge in [-0.1, -0.05) is 32.9 Å². The van der Waals surface area contributed by atoms with E-state index in [2.05, 4.69) is 43.8 Å². The minimum absolute atomic E-state index is 0.104. The van der Waals surface area contributed by atoms with E-state index in [0.717, 1.165) is 17.3 Å². The molecule has 11 heteroatoms. The Morgan fingerprint density at radius 1 is 0.902 bits per heavy atom. The fraction of sp³-hybridized carbons (Fsp3) is 0.267. The summed E-state index contributed by atoms with van der Waals surface area (Å²) < 4.78 is 47.4. The summed E-state index contributed by atoms with van der Waals surface area (Å²) in [5.74, 6) is 0.863. The van der Waals surface area contributed by atoms with Crippen LogP contribution in [0.2, 0.25) is 18.1 Å². The summed E-state index contributed by atoms with van der Waals surface area (Å²) in [5, 5.41) is 0.104. The molecule has 41 heavy (non-hydrogen) atoms. The molecular weight excluding hydrogens is 545 g/mol. The van der Waals surface area contributed by atoms with Crippen LogP contribution in [-0.4, -0.2) is 32.8 Å². The number of halogens is 3. The first-order chi connectivity index (χ1) is 19.2. The molecule has 1 aromatic carbocycles. The third-order valence-corrected chi connectivity index (χ3v) is 12.0. The van der Waals surface area contributed by atoms with Crippen LogP contribution in [0.5, 0.6) is 0 Å². The van der Waals surface area contributed by atoms with Crippen molar-refractivity contribution in [2.75, 3.05) is 5.73 Å². The monoisotopic (exact) mass is 576 g/mol. The Labute approximate surface area is 237 Å². The summed E-state index contributed by atoms with van der Waals surface area (Å²) in [6.07, 6.45) is -1.74. The Kier molecular flexibility index (Phi) is 7.20. The summed E-state index contributed by atoms with van der Waals surface area (Å²) in [4.78, 5) is 17.4. The zero-order chi connectivity index (χ0) is 29.6. The maximum absolute atomic E-state index is 13.0. The summed E-state index contributed by atoms with van der Waals surface area (Å²) >= 11 is 0. The maximum Gasteiger partial charge on any atom is 0.433 e. The fourth-order valence-electron chi connectivity index (χ4n) is 4.08. The van der Waals surface area contributed by atoms with Crippen LogP contribution in [0.25, 0.3) is 39.5 Å². The number of nitrogens with zero attached hydrogens (tertiary/aromatic N) is 5. The van der Waals surface area contributed by atoms with Crippen LogP contribution >= 0.6 is 0 Å². The molecule has 212 valence electrons. The molecule has 0 saturated heterocycles. The van der Waals surface area contributed by atoms with Crippen LogP contribution < -0.4 is 5.73 Å². The smallest absolute Gasteiger partial charge is 0.413 e. The number of hydrogen-bond donors (Lipinski definition) is 1. The zero-order valence-corrected chi connectivity index (χ0v) is 24.5. The van der Waals surface area contributed by atoms with Crippen LogP contribution in [0.1, 0.15) is 32.0 Å². The molecule has 5 rings (SSSR count). The molecule has 0 aliphatic heterocycles. The summed E-state index contributed by atoms with van der Waals surface area (Å²) in [5.41, 5.74) is 9.76. The lowest BCUT2D eigenvalue weighted by molar-refractivity contribution is -0.141. The highest BCUT2D eigenvalue weighted by atomic mass is 28.4. The second-order valence-electron chi connectivity index (χ2n) is 11.4. The number of rotatable bonds is 6. The summed E-state index contributed by atoms with van der Waals surface area (Å²) in [6.45, 7) is 11.6. The highest BCUT2D eigenvalue weighted by molar-refractivity contribution is 6.74. The number of alkyl halides is 3. The highest BCUT2D eigenvalue weighted by Gasteiger charge is 2.37. The van der Waals surface area contributed by atoms with Crippen LogP contribution in [0.15, 0.2) is 73.1 Å². The van der Waals surface area contributed by atoms with Gasteiger partial charge in [-0.2, -0.15) is 13.2 Å². The minimum Gasteiger partial charge on any atom is -0.413 e. The molecule has 0 radical (unpaired) electrons. The van der Waals surface area contributed by atoms with Gasteiger partial charge < -0.3 is 10.2 Å². The lowest BCUT2D eigenvalue weighted by Crippen LogP contribution is -2.40. The van der Waals surface area contributed by atoms with Gasteiger partial charge in [-0.15, -0.1) is 0 Å². The Morgan fingerprint density at radius 3 is 2.24 bits per heavy atom. The number of benzene rings is 1. The molecule has 0 fully saturated rings. The predicted molar refractivity (Wildman–Crippen MR) is 157 cm³/mol. The van der Waals surface area contributed by atoms with E-state index in [9.17, 15) is 13.2 Å². The molecular formula is C30H31F3N6OSi. The van der Waals surface area contributed by atoms with Crippen molar-refractivity contribution in [2.45, 2.75) is 51.7 Å². The maximum atomic E-state index is 13.0. The van der Waals surface area contributed by atoms with Crippen molar-refractivity contribution in [1.29, 1.82) is 0 Å². The molecule has 0 unspecified atom stereocenters. The average molecular weight is 577 g/mol. The quantitative estimate of drug-likeness (QED) is 0.209. The van der Waals surface area contributed by atoms with Crippen molar-refractivity contribution in [3.63, 3.8) is 0 Å². The molecule has 0 saturated carbocycles. The molecule has 5 aromatic rings. The van der Waals surface area contributed by atoms with Gasteiger partial charge in [-0.25, -0.2) is 15.0 Å². The van der Waals surface area contributed by atoms with Gasteiger partial charge in [-0.05, 0) is 72.2 Å². The average Bonchev–Trinajstić information content (AvgIpc) is 3.30. The number of pyridine rings is 3. The normalized spacial score (nSPS) is 12.7. The molecule has 2 N–H and O–H groups in total. The largest absolute Gasteiger partial charge is 0.433 e. The number of anilines is 1. The van der Waals surface area contributed by atoms with Crippen LogP contribution in [-0.2, 0) is 17.2 Å². The van der Waals surface area contributed by atoms with E-state index in [-0.39, 0.29) is 5.04 Å². The Hall–Kier alpha value is -4.09. The van der Waals surface area contributed by atoms with Gasteiger partial charge in [0.05, 0.1) is 17.9 Å². The zero-order valence-electron chi connectivity index (χ0n) is 23.5. The lowest BCUT2D eigenvalue weighted by Gasteiger charge is -2.36. The lowest BCUT2D eigenvalue weighted by atomic mass is 10.1. The van der Waals surface area contributed by atoms with Gasteiger partial charge in [-0.3, -0.25) is 9.55 Å². The van der Waals surface area contributed by atoms with E-state index in [1.807, 2.05) is 34.9 Å². The number of nitrogen functional groups attached to an aromatic ring is 1. The summed E-state index contributed by atoms with van der Waals surface area (Å²) in [7, 11) is -1.92. The number of fused-ring (bicyclic) bond motifs is 1. The van der Waals surface area contributed by atoms with Crippen molar-refractivity contribution in [2.24, 2.45) is 0 Å². The molecule has 4 heterocycles. The molecule has 0 aliphatic rings. The van der Waals surface area contributed by atoms with Crippen molar-refractivity contribution in [3.8, 4) is 28.3 Å². The first-order valence-electron chi connectivity index (χ1n) is 13.1. The Morgan fingerprint density at radius 2 is 1.63 bits per heavy atom. The van der Waals surface area contributed by atoms with Crippen LogP contribution in [0, 0.1) is 0 Å². The van der Waals surface area contributed by atoms with Gasteiger partial charge in [0, 0.05) is 23.6 Å². The molecule has 0 aliphatic carbocycles. The van der Waals surface area contributed by atoms with Crippen molar-refractivity contribution >= 4 is 25.3 Å². The van der Waals surface area contributed by atoms with Crippen molar-refractivity contribution in [3.05, 3.63) is 84.3 Å². The van der Waals surface area contributed by atoms with E-state index in [1.165, 1.54) is 12.3 Å². The van der Waals surface area contributed by atoms with Gasteiger partial charge >= 0.3 is 6.18 Å². The van der Waals surface area contributed by atoms with Gasteiger partial charge in [0.15, 0.2) is 19.8 Å². The topological polar surface area (TPSA) is 91.7 Å². The molecule has 0 bridgehead atoms. The summed E-state index contributed by atoms with van der Waals surface area (Å²) in [6, 6.07) is 17.4. The number of hydrogen-bond acceptors (Lipinski definition) is 6. The van der Waals surface area contributed by atoms with Crippen LogP contribution in [0.4, 0.5) is 19.0 Å². The van der Waals surface area contributed by atoms with E-state index >= 15 is 0 Å². The van der Waals surface area contributed by atoms with Crippen molar-refractivity contribution < 1.29 is 17.6 Å². The molecule has 0 atom stereocenters. The Bertz CT molecular complexity index is 1690. The molecule has 0 amide bonds. The predicted octanol–water partition coefficient (Wildman–Crippen LogP) is 7.67. The Balaban J connectivity index is 1.58. The van der Waals surface area contributed by atoms with E-state index < -0.39 is 20.2 Å². The van der Waals surface area contributed by atoms with E-state index in [0.29, 0.717) is 46.2 Å². The second-order valence-corrected chi connectivity index (χ2v) is 16.2. The number of imidazole rings is 1. The van der Waals surface area contributed by atoms with Crippen molar-refractivity contribution in [1.82, 2.24) is 24.5 Å². The second kappa shape index (κ2) is 10.4. The first kappa shape index (κ1) is 28.4.